The minimum Gasteiger partial charge on any atom is -0.324 e. The van der Waals surface area contributed by atoms with Gasteiger partial charge in [0, 0.05) is 18.3 Å². The van der Waals surface area contributed by atoms with Crippen LogP contribution in [0.3, 0.4) is 0 Å². The van der Waals surface area contributed by atoms with Crippen molar-refractivity contribution in [2.24, 2.45) is 5.92 Å². The summed E-state index contributed by atoms with van der Waals surface area (Å²) in [5.74, 6) is -2.08. The maximum absolute atomic E-state index is 13.3. The van der Waals surface area contributed by atoms with Gasteiger partial charge in [0.25, 0.3) is 5.69 Å². The molecule has 0 radical (unpaired) electrons. The number of benzene rings is 2. The van der Waals surface area contributed by atoms with Gasteiger partial charge in [-0.15, -0.1) is 0 Å². The number of piperidine rings is 1. The van der Waals surface area contributed by atoms with Gasteiger partial charge in [-0.25, -0.2) is 0 Å². The molecule has 0 aromatic heterocycles. The van der Waals surface area contributed by atoms with Crippen molar-refractivity contribution in [3.05, 3.63) is 69.2 Å². The first-order chi connectivity index (χ1) is 14.2. The van der Waals surface area contributed by atoms with E-state index in [1.165, 1.54) is 17.0 Å². The van der Waals surface area contributed by atoms with E-state index in [4.69, 9.17) is 11.6 Å². The van der Waals surface area contributed by atoms with Crippen LogP contribution in [0, 0.1) is 16.0 Å². The number of likely N-dealkylation sites (tertiary alicyclic amines) is 1. The largest absolute Gasteiger partial charge is 0.393 e. The van der Waals surface area contributed by atoms with Crippen LogP contribution >= 0.6 is 11.6 Å². The van der Waals surface area contributed by atoms with E-state index >= 15 is 0 Å². The molecule has 1 aliphatic heterocycles. The van der Waals surface area contributed by atoms with Crippen LogP contribution in [0.15, 0.2) is 48.5 Å². The summed E-state index contributed by atoms with van der Waals surface area (Å²) in [6.07, 6.45) is -4.01. The van der Waals surface area contributed by atoms with E-state index in [-0.39, 0.29) is 29.4 Å². The smallest absolute Gasteiger partial charge is 0.324 e. The zero-order chi connectivity index (χ0) is 21.9. The molecule has 160 valence electrons. The van der Waals surface area contributed by atoms with Gasteiger partial charge in [-0.2, -0.15) is 13.2 Å². The van der Waals surface area contributed by atoms with Gasteiger partial charge < -0.3 is 5.32 Å². The van der Waals surface area contributed by atoms with Crippen LogP contribution in [-0.4, -0.2) is 35.0 Å². The number of rotatable bonds is 5. The molecule has 1 N–H and O–H groups in total. The van der Waals surface area contributed by atoms with Crippen molar-refractivity contribution >= 4 is 28.9 Å². The SMILES string of the molecule is O=C(Nc1ccc(Cl)c([N+](=O)[O-])c1)C(c1ccccc1)N1CCCC(C(F)(F)F)C1. The van der Waals surface area contributed by atoms with Crippen molar-refractivity contribution < 1.29 is 22.9 Å². The van der Waals surface area contributed by atoms with Crippen LogP contribution in [-0.2, 0) is 4.79 Å². The molecule has 2 aromatic carbocycles. The van der Waals surface area contributed by atoms with Crippen LogP contribution < -0.4 is 5.32 Å². The number of halogens is 4. The topological polar surface area (TPSA) is 75.5 Å². The molecule has 2 atom stereocenters. The summed E-state index contributed by atoms with van der Waals surface area (Å²) in [4.78, 5) is 25.0. The van der Waals surface area contributed by atoms with E-state index in [0.717, 1.165) is 6.07 Å². The molecule has 6 nitrogen and oxygen atoms in total. The number of carbonyl (C=O) groups is 1. The Morgan fingerprint density at radius 1 is 1.23 bits per heavy atom. The normalized spacial score (nSPS) is 18.6. The monoisotopic (exact) mass is 441 g/mol. The Kier molecular flexibility index (Phi) is 6.62. The highest BCUT2D eigenvalue weighted by atomic mass is 35.5. The standard InChI is InChI=1S/C20H19ClF3N3O3/c21-16-9-8-15(11-17(16)27(29)30)25-19(28)18(13-5-2-1-3-6-13)26-10-4-7-14(12-26)20(22,23)24/h1-3,5-6,8-9,11,14,18H,4,7,10,12H2,(H,25,28). The lowest BCUT2D eigenvalue weighted by atomic mass is 9.94. The zero-order valence-electron chi connectivity index (χ0n) is 15.7. The minimum atomic E-state index is -4.34. The van der Waals surface area contributed by atoms with Crippen LogP contribution in [0.25, 0.3) is 0 Å². The molecule has 3 rings (SSSR count). The number of nitrogens with zero attached hydrogens (tertiary/aromatic N) is 2. The summed E-state index contributed by atoms with van der Waals surface area (Å²) in [5, 5.41) is 13.6. The maximum atomic E-state index is 13.3. The number of nitro groups is 1. The number of carbonyl (C=O) groups excluding carboxylic acids is 1. The Bertz CT molecular complexity index is 925. The van der Waals surface area contributed by atoms with Gasteiger partial charge in [0.05, 0.1) is 10.8 Å². The van der Waals surface area contributed by atoms with Gasteiger partial charge in [0.15, 0.2) is 0 Å². The lowest BCUT2D eigenvalue weighted by Crippen LogP contribution is -2.46. The summed E-state index contributed by atoms with van der Waals surface area (Å²) in [7, 11) is 0. The Balaban J connectivity index is 1.89. The molecule has 30 heavy (non-hydrogen) atoms. The first-order valence-electron chi connectivity index (χ1n) is 9.27. The van der Waals surface area contributed by atoms with Crippen LogP contribution in [0.5, 0.6) is 0 Å². The lowest BCUT2D eigenvalue weighted by molar-refractivity contribution is -0.384. The number of hydrogen-bond donors (Lipinski definition) is 1. The first kappa shape index (κ1) is 22.0. The van der Waals surface area contributed by atoms with Crippen molar-refractivity contribution in [1.29, 1.82) is 0 Å². The number of anilines is 1. The second kappa shape index (κ2) is 9.01. The highest BCUT2D eigenvalue weighted by Crippen LogP contribution is 2.36. The highest BCUT2D eigenvalue weighted by Gasteiger charge is 2.44. The van der Waals surface area contributed by atoms with E-state index < -0.39 is 29.0 Å². The molecular formula is C20H19ClF3N3O3. The fourth-order valence-corrected chi connectivity index (χ4v) is 3.80. The number of hydrogen-bond acceptors (Lipinski definition) is 4. The second-order valence-electron chi connectivity index (χ2n) is 7.10. The van der Waals surface area contributed by atoms with E-state index in [2.05, 4.69) is 5.32 Å². The number of alkyl halides is 3. The van der Waals surface area contributed by atoms with E-state index in [1.54, 1.807) is 30.3 Å². The quantitative estimate of drug-likeness (QED) is 0.511. The van der Waals surface area contributed by atoms with Crippen molar-refractivity contribution in [2.75, 3.05) is 18.4 Å². The summed E-state index contributed by atoms with van der Waals surface area (Å²) in [6, 6.07) is 11.3. The Labute approximate surface area is 175 Å². The van der Waals surface area contributed by atoms with Gasteiger partial charge in [0.2, 0.25) is 5.91 Å². The fraction of sp³-hybridized carbons (Fsp3) is 0.350. The summed E-state index contributed by atoms with van der Waals surface area (Å²) < 4.78 is 39.8. The Hall–Kier alpha value is -2.65. The van der Waals surface area contributed by atoms with E-state index in [9.17, 15) is 28.1 Å². The molecule has 10 heteroatoms. The summed E-state index contributed by atoms with van der Waals surface area (Å²) in [6.45, 7) is 0.0393. The van der Waals surface area contributed by atoms with Gasteiger partial charge in [-0.1, -0.05) is 41.9 Å². The fourth-order valence-electron chi connectivity index (χ4n) is 3.61. The third kappa shape index (κ3) is 5.09. The van der Waals surface area contributed by atoms with Gasteiger partial charge >= 0.3 is 6.18 Å². The van der Waals surface area contributed by atoms with Gasteiger partial charge in [-0.3, -0.25) is 19.8 Å². The molecule has 1 saturated heterocycles. The minimum absolute atomic E-state index is 0.0203. The van der Waals surface area contributed by atoms with Crippen molar-refractivity contribution in [3.8, 4) is 0 Å². The summed E-state index contributed by atoms with van der Waals surface area (Å²) >= 11 is 5.80. The van der Waals surface area contributed by atoms with Crippen LogP contribution in [0.1, 0.15) is 24.4 Å². The highest BCUT2D eigenvalue weighted by molar-refractivity contribution is 6.32. The van der Waals surface area contributed by atoms with Crippen LogP contribution in [0.2, 0.25) is 5.02 Å². The molecule has 0 spiro atoms. The average Bonchev–Trinajstić information content (AvgIpc) is 2.70. The average molecular weight is 442 g/mol. The number of nitrogens with one attached hydrogen (secondary N) is 1. The predicted octanol–water partition coefficient (Wildman–Crippen LogP) is 5.20. The first-order valence-corrected chi connectivity index (χ1v) is 9.65. The third-order valence-electron chi connectivity index (χ3n) is 5.05. The molecule has 0 bridgehead atoms. The summed E-state index contributed by atoms with van der Waals surface area (Å²) in [5.41, 5.74) is 0.309. The second-order valence-corrected chi connectivity index (χ2v) is 7.51. The Morgan fingerprint density at radius 3 is 2.57 bits per heavy atom. The van der Waals surface area contributed by atoms with Crippen molar-refractivity contribution in [2.45, 2.75) is 25.1 Å². The van der Waals surface area contributed by atoms with E-state index in [0.29, 0.717) is 18.5 Å². The molecule has 1 aliphatic rings. The van der Waals surface area contributed by atoms with Gasteiger partial charge in [0.1, 0.15) is 11.1 Å². The number of nitro benzene ring substituents is 1. The molecular weight excluding hydrogens is 423 g/mol. The Morgan fingerprint density at radius 2 is 1.93 bits per heavy atom. The zero-order valence-corrected chi connectivity index (χ0v) is 16.5. The number of amides is 1. The van der Waals surface area contributed by atoms with E-state index in [1.807, 2.05) is 0 Å². The molecule has 1 heterocycles. The van der Waals surface area contributed by atoms with Gasteiger partial charge in [-0.05, 0) is 37.1 Å². The molecule has 2 unspecified atom stereocenters. The predicted molar refractivity (Wildman–Crippen MR) is 106 cm³/mol. The van der Waals surface area contributed by atoms with Crippen molar-refractivity contribution in [3.63, 3.8) is 0 Å². The molecule has 2 aromatic rings. The molecule has 1 fully saturated rings. The molecule has 0 aliphatic carbocycles. The van der Waals surface area contributed by atoms with Crippen LogP contribution in [0.4, 0.5) is 24.5 Å². The third-order valence-corrected chi connectivity index (χ3v) is 5.37. The lowest BCUT2D eigenvalue weighted by Gasteiger charge is -2.38. The molecule has 0 saturated carbocycles. The molecule has 1 amide bonds. The van der Waals surface area contributed by atoms with Crippen molar-refractivity contribution in [1.82, 2.24) is 4.90 Å². The maximum Gasteiger partial charge on any atom is 0.393 e.